The molecule has 1 amide bonds. The zero-order chi connectivity index (χ0) is 22.7. The Bertz CT molecular complexity index is 1010. The lowest BCUT2D eigenvalue weighted by Crippen LogP contribution is -2.39. The first kappa shape index (κ1) is 22.3. The first-order chi connectivity index (χ1) is 15.5. The van der Waals surface area contributed by atoms with Crippen molar-refractivity contribution in [1.29, 1.82) is 0 Å². The molecular formula is C23H26N2O6S. The molecule has 0 saturated carbocycles. The van der Waals surface area contributed by atoms with Gasteiger partial charge in [-0.2, -0.15) is 0 Å². The van der Waals surface area contributed by atoms with Gasteiger partial charge in [0.2, 0.25) is 5.78 Å². The summed E-state index contributed by atoms with van der Waals surface area (Å²) in [6.07, 6.45) is 0.686. The number of carbonyl (C=O) groups is 2. The van der Waals surface area contributed by atoms with Crippen molar-refractivity contribution in [2.45, 2.75) is 12.5 Å². The molecule has 0 spiro atoms. The number of phenolic OH excluding ortho intramolecular Hbond substituents is 1. The molecule has 2 N–H and O–H groups in total. The van der Waals surface area contributed by atoms with E-state index in [2.05, 4.69) is 4.90 Å². The molecular weight excluding hydrogens is 432 g/mol. The maximum atomic E-state index is 13.2. The smallest absolute Gasteiger partial charge is 0.290 e. The SMILES string of the molecule is COc1cc([C@@H]2C(C(=O)c3cccs3)=C(O)C(=O)N2CCCN2CCOCC2)ccc1O. The van der Waals surface area contributed by atoms with E-state index in [1.807, 2.05) is 0 Å². The van der Waals surface area contributed by atoms with E-state index in [4.69, 9.17) is 9.47 Å². The van der Waals surface area contributed by atoms with E-state index in [-0.39, 0.29) is 22.9 Å². The van der Waals surface area contributed by atoms with Crippen molar-refractivity contribution in [3.05, 3.63) is 57.5 Å². The summed E-state index contributed by atoms with van der Waals surface area (Å²) < 4.78 is 10.6. The van der Waals surface area contributed by atoms with Gasteiger partial charge in [0, 0.05) is 26.2 Å². The first-order valence-electron chi connectivity index (χ1n) is 10.5. The number of morpholine rings is 1. The van der Waals surface area contributed by atoms with Gasteiger partial charge in [-0.3, -0.25) is 14.5 Å². The number of ketones is 1. The minimum Gasteiger partial charge on any atom is -0.504 e. The first-order valence-corrected chi connectivity index (χ1v) is 11.4. The van der Waals surface area contributed by atoms with E-state index >= 15 is 0 Å². The van der Waals surface area contributed by atoms with Gasteiger partial charge in [0.1, 0.15) is 0 Å². The molecule has 4 rings (SSSR count). The number of rotatable bonds is 8. The van der Waals surface area contributed by atoms with Gasteiger partial charge in [0.25, 0.3) is 5.91 Å². The number of Topliss-reactive ketones (excluding diaryl/α,β-unsaturated/α-hetero) is 1. The number of aliphatic hydroxyl groups is 1. The van der Waals surface area contributed by atoms with Crippen molar-refractivity contribution in [3.63, 3.8) is 0 Å². The highest BCUT2D eigenvalue weighted by Crippen LogP contribution is 2.41. The molecule has 2 aliphatic heterocycles. The van der Waals surface area contributed by atoms with E-state index in [0.29, 0.717) is 36.6 Å². The molecule has 9 heteroatoms. The largest absolute Gasteiger partial charge is 0.504 e. The summed E-state index contributed by atoms with van der Waals surface area (Å²) >= 11 is 1.26. The van der Waals surface area contributed by atoms with Gasteiger partial charge in [0.15, 0.2) is 17.3 Å². The Hall–Kier alpha value is -2.88. The van der Waals surface area contributed by atoms with Gasteiger partial charge in [-0.05, 0) is 35.6 Å². The third kappa shape index (κ3) is 4.36. The molecule has 0 radical (unpaired) electrons. The van der Waals surface area contributed by atoms with Crippen molar-refractivity contribution >= 4 is 23.0 Å². The topological polar surface area (TPSA) is 99.5 Å². The summed E-state index contributed by atoms with van der Waals surface area (Å²) in [7, 11) is 1.43. The number of carbonyl (C=O) groups excluding carboxylic acids is 2. The summed E-state index contributed by atoms with van der Waals surface area (Å²) in [6.45, 7) is 4.24. The number of benzene rings is 1. The summed E-state index contributed by atoms with van der Waals surface area (Å²) in [5.74, 6) is -1.27. The molecule has 1 atom stereocenters. The van der Waals surface area contributed by atoms with E-state index in [1.165, 1.54) is 29.4 Å². The van der Waals surface area contributed by atoms with Gasteiger partial charge in [-0.1, -0.05) is 12.1 Å². The second-order valence-electron chi connectivity index (χ2n) is 7.71. The van der Waals surface area contributed by atoms with E-state index in [9.17, 15) is 19.8 Å². The minimum absolute atomic E-state index is 0.0428. The Morgan fingerprint density at radius 2 is 2.00 bits per heavy atom. The number of aromatic hydroxyl groups is 1. The molecule has 170 valence electrons. The third-order valence-electron chi connectivity index (χ3n) is 5.79. The molecule has 2 aliphatic rings. The van der Waals surface area contributed by atoms with Crippen LogP contribution in [0.1, 0.15) is 27.7 Å². The van der Waals surface area contributed by atoms with E-state index in [0.717, 1.165) is 19.6 Å². The van der Waals surface area contributed by atoms with Gasteiger partial charge in [0.05, 0.1) is 36.8 Å². The van der Waals surface area contributed by atoms with Crippen LogP contribution in [0.5, 0.6) is 11.5 Å². The van der Waals surface area contributed by atoms with Crippen LogP contribution in [-0.4, -0.2) is 78.2 Å². The van der Waals surface area contributed by atoms with Crippen LogP contribution in [-0.2, 0) is 9.53 Å². The number of hydrogen-bond donors (Lipinski definition) is 2. The highest BCUT2D eigenvalue weighted by atomic mass is 32.1. The van der Waals surface area contributed by atoms with Crippen molar-refractivity contribution < 1.29 is 29.3 Å². The fourth-order valence-electron chi connectivity index (χ4n) is 4.16. The molecule has 1 aromatic carbocycles. The third-order valence-corrected chi connectivity index (χ3v) is 6.66. The van der Waals surface area contributed by atoms with Gasteiger partial charge < -0.3 is 24.6 Å². The summed E-state index contributed by atoms with van der Waals surface area (Å²) in [5.41, 5.74) is 0.639. The molecule has 2 aromatic rings. The Morgan fingerprint density at radius 1 is 1.22 bits per heavy atom. The number of aliphatic hydroxyl groups excluding tert-OH is 1. The standard InChI is InChI=1S/C23H26N2O6S/c1-30-17-14-15(5-6-16(17)26)20-19(21(27)18-4-2-13-32-18)22(28)23(29)25(20)8-3-7-24-9-11-31-12-10-24/h2,4-6,13-14,20,26,28H,3,7-12H2,1H3/t20-/m1/s1. The van der Waals surface area contributed by atoms with Crippen LogP contribution in [0, 0.1) is 0 Å². The molecule has 32 heavy (non-hydrogen) atoms. The lowest BCUT2D eigenvalue weighted by Gasteiger charge is -2.30. The number of hydrogen-bond acceptors (Lipinski definition) is 8. The Morgan fingerprint density at radius 3 is 2.69 bits per heavy atom. The fourth-order valence-corrected chi connectivity index (χ4v) is 4.83. The summed E-state index contributed by atoms with van der Waals surface area (Å²) in [4.78, 5) is 30.5. The van der Waals surface area contributed by atoms with Gasteiger partial charge >= 0.3 is 0 Å². The van der Waals surface area contributed by atoms with Crippen LogP contribution in [0.25, 0.3) is 0 Å². The molecule has 1 saturated heterocycles. The van der Waals surface area contributed by atoms with E-state index in [1.54, 1.807) is 29.6 Å². The highest BCUT2D eigenvalue weighted by molar-refractivity contribution is 7.12. The monoisotopic (exact) mass is 458 g/mol. The van der Waals surface area contributed by atoms with E-state index < -0.39 is 17.7 Å². The number of phenols is 1. The van der Waals surface area contributed by atoms with Crippen molar-refractivity contribution in [2.75, 3.05) is 46.5 Å². The minimum atomic E-state index is -0.767. The average Bonchev–Trinajstić information content (AvgIpc) is 3.43. The molecule has 1 fully saturated rings. The summed E-state index contributed by atoms with van der Waals surface area (Å²) in [6, 6.07) is 7.37. The number of nitrogens with zero attached hydrogens (tertiary/aromatic N) is 2. The molecule has 0 unspecified atom stereocenters. The number of ether oxygens (including phenoxy) is 2. The predicted octanol–water partition coefficient (Wildman–Crippen LogP) is 2.76. The van der Waals surface area contributed by atoms with Crippen LogP contribution in [0.2, 0.25) is 0 Å². The zero-order valence-corrected chi connectivity index (χ0v) is 18.6. The quantitative estimate of drug-likeness (QED) is 0.587. The Balaban J connectivity index is 1.64. The zero-order valence-electron chi connectivity index (χ0n) is 17.8. The second kappa shape index (κ2) is 9.72. The maximum absolute atomic E-state index is 13.2. The highest BCUT2D eigenvalue weighted by Gasteiger charge is 2.44. The van der Waals surface area contributed by atoms with Crippen LogP contribution in [0.3, 0.4) is 0 Å². The number of thiophene rings is 1. The molecule has 3 heterocycles. The normalized spacial score (nSPS) is 19.6. The molecule has 0 bridgehead atoms. The van der Waals surface area contributed by atoms with Gasteiger partial charge in [-0.15, -0.1) is 11.3 Å². The second-order valence-corrected chi connectivity index (χ2v) is 8.66. The predicted molar refractivity (Wildman–Crippen MR) is 119 cm³/mol. The van der Waals surface area contributed by atoms with Crippen LogP contribution < -0.4 is 4.74 Å². The van der Waals surface area contributed by atoms with Crippen molar-refractivity contribution in [1.82, 2.24) is 9.80 Å². The molecule has 8 nitrogen and oxygen atoms in total. The van der Waals surface area contributed by atoms with Crippen LogP contribution in [0.4, 0.5) is 0 Å². The average molecular weight is 459 g/mol. The molecule has 0 aliphatic carbocycles. The van der Waals surface area contributed by atoms with Gasteiger partial charge in [-0.25, -0.2) is 0 Å². The van der Waals surface area contributed by atoms with Crippen molar-refractivity contribution in [2.24, 2.45) is 0 Å². The van der Waals surface area contributed by atoms with Crippen LogP contribution >= 0.6 is 11.3 Å². The number of amides is 1. The summed E-state index contributed by atoms with van der Waals surface area (Å²) in [5, 5.41) is 22.5. The Labute approximate surface area is 190 Å². The number of methoxy groups -OCH3 is 1. The maximum Gasteiger partial charge on any atom is 0.290 e. The fraction of sp³-hybridized carbons (Fsp3) is 0.391. The van der Waals surface area contributed by atoms with Crippen LogP contribution in [0.15, 0.2) is 47.0 Å². The molecule has 1 aromatic heterocycles. The lowest BCUT2D eigenvalue weighted by atomic mass is 9.95. The lowest BCUT2D eigenvalue weighted by molar-refractivity contribution is -0.129. The Kier molecular flexibility index (Phi) is 6.78. The van der Waals surface area contributed by atoms with Crippen molar-refractivity contribution in [3.8, 4) is 11.5 Å².